The molecular weight excluding hydrogens is 250 g/mol. The van der Waals surface area contributed by atoms with Crippen LogP contribution in [0.2, 0.25) is 0 Å². The van der Waals surface area contributed by atoms with E-state index in [1.165, 1.54) is 4.40 Å². The van der Waals surface area contributed by atoms with Gasteiger partial charge in [0.1, 0.15) is 0 Å². The van der Waals surface area contributed by atoms with Gasteiger partial charge in [-0.05, 0) is 34.5 Å². The molecule has 2 aromatic rings. The summed E-state index contributed by atoms with van der Waals surface area (Å²) in [5, 5.41) is 16.2. The number of aromatic carboxylic acids is 1. The van der Waals surface area contributed by atoms with E-state index >= 15 is 0 Å². The summed E-state index contributed by atoms with van der Waals surface area (Å²) < 4.78 is 2.24. The zero-order valence-electron chi connectivity index (χ0n) is 7.23. The number of carboxylic acids is 1. The van der Waals surface area contributed by atoms with Gasteiger partial charge in [-0.3, -0.25) is 4.40 Å². The molecule has 0 aliphatic heterocycles. The smallest absolute Gasteiger partial charge is 0.374 e. The molecular formula is C8H6BrN3O2. The van der Waals surface area contributed by atoms with Crippen LogP contribution in [0.15, 0.2) is 16.7 Å². The highest BCUT2D eigenvalue weighted by Gasteiger charge is 2.13. The summed E-state index contributed by atoms with van der Waals surface area (Å²) in [5.74, 6) is -1.17. The molecule has 0 aromatic carbocycles. The molecule has 0 fully saturated rings. The Bertz CT molecular complexity index is 521. The molecule has 0 aliphatic carbocycles. The number of carboxylic acid groups (broad SMARTS) is 1. The molecule has 0 spiro atoms. The Hall–Kier alpha value is -1.43. The lowest BCUT2D eigenvalue weighted by molar-refractivity contribution is 0.0682. The molecule has 0 unspecified atom stereocenters. The summed E-state index contributed by atoms with van der Waals surface area (Å²) in [5.41, 5.74) is 1.44. The van der Waals surface area contributed by atoms with Gasteiger partial charge in [-0.2, -0.15) is 0 Å². The second-order valence-corrected chi connectivity index (χ2v) is 3.78. The minimum absolute atomic E-state index is 0.0793. The quantitative estimate of drug-likeness (QED) is 0.839. The number of aromatic nitrogens is 3. The number of hydrogen-bond donors (Lipinski definition) is 1. The summed E-state index contributed by atoms with van der Waals surface area (Å²) in [6, 6.07) is 1.86. The number of pyridine rings is 1. The molecule has 6 heteroatoms. The minimum atomic E-state index is -1.09. The molecule has 14 heavy (non-hydrogen) atoms. The van der Waals surface area contributed by atoms with Crippen molar-refractivity contribution in [2.24, 2.45) is 0 Å². The van der Waals surface area contributed by atoms with E-state index in [0.717, 1.165) is 10.0 Å². The average Bonchev–Trinajstić information content (AvgIpc) is 2.47. The molecule has 1 N–H and O–H groups in total. The average molecular weight is 256 g/mol. The Kier molecular flexibility index (Phi) is 1.99. The predicted molar refractivity (Wildman–Crippen MR) is 52.4 cm³/mol. The van der Waals surface area contributed by atoms with Crippen LogP contribution in [0.4, 0.5) is 0 Å². The van der Waals surface area contributed by atoms with Gasteiger partial charge >= 0.3 is 5.97 Å². The van der Waals surface area contributed by atoms with E-state index in [9.17, 15) is 4.79 Å². The van der Waals surface area contributed by atoms with Crippen LogP contribution >= 0.6 is 15.9 Å². The van der Waals surface area contributed by atoms with E-state index in [0.29, 0.717) is 5.65 Å². The van der Waals surface area contributed by atoms with Crippen LogP contribution < -0.4 is 0 Å². The third-order valence-corrected chi connectivity index (χ3v) is 2.28. The second kappa shape index (κ2) is 3.06. The molecule has 0 aliphatic rings. The van der Waals surface area contributed by atoms with Gasteiger partial charge in [-0.1, -0.05) is 0 Å². The van der Waals surface area contributed by atoms with Crippen molar-refractivity contribution in [1.82, 2.24) is 14.6 Å². The highest BCUT2D eigenvalue weighted by molar-refractivity contribution is 9.10. The summed E-state index contributed by atoms with van der Waals surface area (Å²) in [4.78, 5) is 10.8. The minimum Gasteiger partial charge on any atom is -0.475 e. The molecule has 0 amide bonds. The molecule has 72 valence electrons. The largest absolute Gasteiger partial charge is 0.475 e. The second-order valence-electron chi connectivity index (χ2n) is 2.86. The Morgan fingerprint density at radius 3 is 2.93 bits per heavy atom. The highest BCUT2D eigenvalue weighted by atomic mass is 79.9. The lowest BCUT2D eigenvalue weighted by atomic mass is 10.3. The van der Waals surface area contributed by atoms with Crippen molar-refractivity contribution in [3.05, 3.63) is 28.1 Å². The van der Waals surface area contributed by atoms with Gasteiger partial charge in [-0.15, -0.1) is 10.2 Å². The normalized spacial score (nSPS) is 10.7. The molecule has 0 saturated carbocycles. The van der Waals surface area contributed by atoms with Crippen LogP contribution in [0.3, 0.4) is 0 Å². The molecule has 2 aromatic heterocycles. The lowest BCUT2D eigenvalue weighted by Gasteiger charge is -1.99. The zero-order chi connectivity index (χ0) is 10.3. The fraction of sp³-hybridized carbons (Fsp3) is 0.125. The van der Waals surface area contributed by atoms with Gasteiger partial charge in [0.2, 0.25) is 5.82 Å². The number of halogens is 1. The van der Waals surface area contributed by atoms with Crippen molar-refractivity contribution in [3.8, 4) is 0 Å². The van der Waals surface area contributed by atoms with Crippen LogP contribution in [0, 0.1) is 6.92 Å². The molecule has 5 nitrogen and oxygen atoms in total. The Balaban J connectivity index is 2.85. The number of carbonyl (C=O) groups is 1. The van der Waals surface area contributed by atoms with Crippen molar-refractivity contribution in [3.63, 3.8) is 0 Å². The topological polar surface area (TPSA) is 67.5 Å². The maximum Gasteiger partial charge on any atom is 0.374 e. The van der Waals surface area contributed by atoms with Gasteiger partial charge in [0.05, 0.1) is 0 Å². The molecule has 0 bridgehead atoms. The number of rotatable bonds is 1. The Morgan fingerprint density at radius 1 is 1.57 bits per heavy atom. The third-order valence-electron chi connectivity index (χ3n) is 1.85. The monoisotopic (exact) mass is 255 g/mol. The summed E-state index contributed by atoms with van der Waals surface area (Å²) >= 11 is 3.28. The van der Waals surface area contributed by atoms with E-state index in [2.05, 4.69) is 26.1 Å². The van der Waals surface area contributed by atoms with Crippen LogP contribution in [0.5, 0.6) is 0 Å². The number of aryl methyl sites for hydroxylation is 1. The standard InChI is InChI=1S/C8H6BrN3O2/c1-4-2-5(9)3-12-6(4)10-11-7(12)8(13)14/h2-3H,1H3,(H,13,14). The van der Waals surface area contributed by atoms with Gasteiger partial charge in [0, 0.05) is 10.7 Å². The molecule has 0 atom stereocenters. The fourth-order valence-corrected chi connectivity index (χ4v) is 1.81. The molecule has 2 rings (SSSR count). The highest BCUT2D eigenvalue weighted by Crippen LogP contribution is 2.16. The van der Waals surface area contributed by atoms with E-state index in [4.69, 9.17) is 5.11 Å². The number of hydrogen-bond acceptors (Lipinski definition) is 3. The first-order valence-electron chi connectivity index (χ1n) is 3.84. The third kappa shape index (κ3) is 1.27. The molecule has 2 heterocycles. The van der Waals surface area contributed by atoms with Crippen LogP contribution in [0.25, 0.3) is 5.65 Å². The van der Waals surface area contributed by atoms with Crippen molar-refractivity contribution in [2.45, 2.75) is 6.92 Å². The van der Waals surface area contributed by atoms with Crippen LogP contribution in [-0.2, 0) is 0 Å². The SMILES string of the molecule is Cc1cc(Br)cn2c(C(=O)O)nnc12. The first-order chi connectivity index (χ1) is 6.59. The Labute approximate surface area is 87.5 Å². The van der Waals surface area contributed by atoms with Gasteiger partial charge in [0.25, 0.3) is 0 Å². The Morgan fingerprint density at radius 2 is 2.29 bits per heavy atom. The predicted octanol–water partition coefficient (Wildman–Crippen LogP) is 1.50. The van der Waals surface area contributed by atoms with E-state index < -0.39 is 5.97 Å². The van der Waals surface area contributed by atoms with E-state index in [1.54, 1.807) is 6.20 Å². The first kappa shape index (κ1) is 9.14. The van der Waals surface area contributed by atoms with Gasteiger partial charge in [-0.25, -0.2) is 4.79 Å². The fourth-order valence-electron chi connectivity index (χ4n) is 1.26. The van der Waals surface area contributed by atoms with Crippen LogP contribution in [0.1, 0.15) is 16.2 Å². The van der Waals surface area contributed by atoms with E-state index in [1.807, 2.05) is 13.0 Å². The molecule has 0 saturated heterocycles. The van der Waals surface area contributed by atoms with Crippen LogP contribution in [-0.4, -0.2) is 25.7 Å². The summed E-state index contributed by atoms with van der Waals surface area (Å²) in [7, 11) is 0. The van der Waals surface area contributed by atoms with Gasteiger partial charge < -0.3 is 5.11 Å². The summed E-state index contributed by atoms with van der Waals surface area (Å²) in [6.07, 6.45) is 1.63. The van der Waals surface area contributed by atoms with E-state index in [-0.39, 0.29) is 5.82 Å². The maximum atomic E-state index is 10.8. The zero-order valence-corrected chi connectivity index (χ0v) is 8.82. The molecule has 0 radical (unpaired) electrons. The van der Waals surface area contributed by atoms with Crippen molar-refractivity contribution in [1.29, 1.82) is 0 Å². The number of nitrogens with zero attached hydrogens (tertiary/aromatic N) is 3. The van der Waals surface area contributed by atoms with Crippen molar-refractivity contribution < 1.29 is 9.90 Å². The number of fused-ring (bicyclic) bond motifs is 1. The summed E-state index contributed by atoms with van der Waals surface area (Å²) in [6.45, 7) is 1.85. The lowest BCUT2D eigenvalue weighted by Crippen LogP contribution is -2.03. The van der Waals surface area contributed by atoms with Crippen molar-refractivity contribution in [2.75, 3.05) is 0 Å². The maximum absolute atomic E-state index is 10.8. The first-order valence-corrected chi connectivity index (χ1v) is 4.63. The van der Waals surface area contributed by atoms with Gasteiger partial charge in [0.15, 0.2) is 5.65 Å². The van der Waals surface area contributed by atoms with Crippen molar-refractivity contribution >= 4 is 27.5 Å².